The molecule has 1 aliphatic heterocycles. The first-order chi connectivity index (χ1) is 9.92. The minimum absolute atomic E-state index is 0.223. The van der Waals surface area contributed by atoms with E-state index in [4.69, 9.17) is 5.73 Å². The third kappa shape index (κ3) is 3.96. The van der Waals surface area contributed by atoms with E-state index in [0.717, 1.165) is 25.2 Å². The number of rotatable bonds is 5. The van der Waals surface area contributed by atoms with Crippen LogP contribution in [0.15, 0.2) is 17.0 Å². The summed E-state index contributed by atoms with van der Waals surface area (Å²) in [6.45, 7) is 6.90. The first kappa shape index (κ1) is 16.3. The second-order valence-electron chi connectivity index (χ2n) is 5.74. The van der Waals surface area contributed by atoms with Crippen molar-refractivity contribution in [2.75, 3.05) is 31.9 Å². The molecule has 1 fully saturated rings. The summed E-state index contributed by atoms with van der Waals surface area (Å²) in [4.78, 5) is 2.53. The zero-order chi connectivity index (χ0) is 15.5. The molecular formula is C15H25N3O2S. The molecular weight excluding hydrogens is 286 g/mol. The molecule has 2 rings (SSSR count). The van der Waals surface area contributed by atoms with Gasteiger partial charge in [-0.2, -0.15) is 0 Å². The largest absolute Gasteiger partial charge is 0.397 e. The van der Waals surface area contributed by atoms with Gasteiger partial charge in [0.15, 0.2) is 0 Å². The van der Waals surface area contributed by atoms with Crippen molar-refractivity contribution in [3.8, 4) is 0 Å². The van der Waals surface area contributed by atoms with Crippen molar-refractivity contribution >= 4 is 15.7 Å². The average molecular weight is 311 g/mol. The van der Waals surface area contributed by atoms with Crippen LogP contribution < -0.4 is 10.5 Å². The smallest absolute Gasteiger partial charge is 0.242 e. The fourth-order valence-corrected chi connectivity index (χ4v) is 4.20. The molecule has 0 radical (unpaired) electrons. The second kappa shape index (κ2) is 6.77. The van der Waals surface area contributed by atoms with E-state index in [9.17, 15) is 8.42 Å². The molecule has 1 aromatic rings. The van der Waals surface area contributed by atoms with Gasteiger partial charge in [-0.3, -0.25) is 0 Å². The van der Waals surface area contributed by atoms with E-state index in [2.05, 4.69) is 9.62 Å². The Labute approximate surface area is 127 Å². The third-order valence-electron chi connectivity index (χ3n) is 4.05. The predicted molar refractivity (Wildman–Crippen MR) is 85.8 cm³/mol. The number of likely N-dealkylation sites (tertiary alicyclic amines) is 1. The number of nitrogen functional groups attached to an aromatic ring is 1. The van der Waals surface area contributed by atoms with Crippen LogP contribution in [0.25, 0.3) is 0 Å². The molecule has 0 aliphatic carbocycles. The highest BCUT2D eigenvalue weighted by Gasteiger charge is 2.21. The summed E-state index contributed by atoms with van der Waals surface area (Å²) in [6, 6.07) is 3.64. The van der Waals surface area contributed by atoms with Crippen molar-refractivity contribution < 1.29 is 8.42 Å². The summed E-state index contributed by atoms with van der Waals surface area (Å²) in [5.41, 5.74) is 7.77. The van der Waals surface area contributed by atoms with Gasteiger partial charge in [0.1, 0.15) is 4.90 Å². The molecule has 0 amide bonds. The number of nitrogens with zero attached hydrogens (tertiary/aromatic N) is 1. The van der Waals surface area contributed by atoms with Crippen molar-refractivity contribution in [1.29, 1.82) is 0 Å². The molecule has 1 aliphatic rings. The zero-order valence-electron chi connectivity index (χ0n) is 12.9. The predicted octanol–water partition coefficient (Wildman–Crippen LogP) is 1.65. The number of anilines is 1. The summed E-state index contributed by atoms with van der Waals surface area (Å²) in [7, 11) is -3.55. The number of hydrogen-bond donors (Lipinski definition) is 2. The maximum absolute atomic E-state index is 12.5. The van der Waals surface area contributed by atoms with E-state index in [1.807, 2.05) is 13.0 Å². The summed E-state index contributed by atoms with van der Waals surface area (Å²) in [5.74, 6) is 0. The number of benzene rings is 1. The Bertz CT molecular complexity index is 593. The Hall–Kier alpha value is -1.11. The van der Waals surface area contributed by atoms with E-state index in [1.165, 1.54) is 19.3 Å². The molecule has 0 bridgehead atoms. The molecule has 0 unspecified atom stereocenters. The monoisotopic (exact) mass is 311 g/mol. The van der Waals surface area contributed by atoms with Crippen molar-refractivity contribution in [3.63, 3.8) is 0 Å². The summed E-state index contributed by atoms with van der Waals surface area (Å²) in [5, 5.41) is 0. The number of nitrogens with one attached hydrogen (secondary N) is 1. The van der Waals surface area contributed by atoms with Crippen LogP contribution in [0.2, 0.25) is 0 Å². The normalized spacial score (nSPS) is 17.0. The topological polar surface area (TPSA) is 75.4 Å². The first-order valence-electron chi connectivity index (χ1n) is 7.49. The Morgan fingerprint density at radius 3 is 2.43 bits per heavy atom. The molecule has 0 aromatic heterocycles. The zero-order valence-corrected chi connectivity index (χ0v) is 13.7. The molecule has 6 heteroatoms. The molecule has 5 nitrogen and oxygen atoms in total. The average Bonchev–Trinajstić information content (AvgIpc) is 2.44. The number of piperidine rings is 1. The minimum atomic E-state index is -3.55. The first-order valence-corrected chi connectivity index (χ1v) is 8.98. The van der Waals surface area contributed by atoms with Gasteiger partial charge in [0.25, 0.3) is 0 Å². The van der Waals surface area contributed by atoms with Crippen LogP contribution in [0, 0.1) is 13.8 Å². The molecule has 1 heterocycles. The number of hydrogen-bond acceptors (Lipinski definition) is 4. The SMILES string of the molecule is Cc1ccc(C)c(S(=O)(=O)NCCN2CCCCC2)c1N. The molecule has 3 N–H and O–H groups in total. The quantitative estimate of drug-likeness (QED) is 0.811. The molecule has 21 heavy (non-hydrogen) atoms. The Kier molecular flexibility index (Phi) is 5.24. The highest BCUT2D eigenvalue weighted by Crippen LogP contribution is 2.25. The lowest BCUT2D eigenvalue weighted by Crippen LogP contribution is -2.38. The van der Waals surface area contributed by atoms with Gasteiger partial charge < -0.3 is 10.6 Å². The van der Waals surface area contributed by atoms with Gasteiger partial charge in [0.05, 0.1) is 5.69 Å². The van der Waals surface area contributed by atoms with Gasteiger partial charge in [0, 0.05) is 13.1 Å². The van der Waals surface area contributed by atoms with Crippen LogP contribution in [-0.2, 0) is 10.0 Å². The molecule has 0 atom stereocenters. The van der Waals surface area contributed by atoms with Crippen LogP contribution in [-0.4, -0.2) is 39.5 Å². The van der Waals surface area contributed by atoms with Gasteiger partial charge in [-0.25, -0.2) is 13.1 Å². The van der Waals surface area contributed by atoms with Gasteiger partial charge in [-0.15, -0.1) is 0 Å². The fourth-order valence-electron chi connectivity index (χ4n) is 2.76. The van der Waals surface area contributed by atoms with Crippen molar-refractivity contribution in [2.24, 2.45) is 0 Å². The van der Waals surface area contributed by atoms with E-state index >= 15 is 0 Å². The molecule has 1 saturated heterocycles. The standard InChI is InChI=1S/C15H25N3O2S/c1-12-6-7-13(2)15(14(12)16)21(19,20)17-8-11-18-9-4-3-5-10-18/h6-7,17H,3-5,8-11,16H2,1-2H3. The van der Waals surface area contributed by atoms with Crippen LogP contribution in [0.3, 0.4) is 0 Å². The highest BCUT2D eigenvalue weighted by atomic mass is 32.2. The fraction of sp³-hybridized carbons (Fsp3) is 0.600. The minimum Gasteiger partial charge on any atom is -0.397 e. The number of aryl methyl sites for hydroxylation is 2. The molecule has 0 spiro atoms. The summed E-state index contributed by atoms with van der Waals surface area (Å²) < 4.78 is 27.6. The van der Waals surface area contributed by atoms with E-state index in [-0.39, 0.29) is 4.90 Å². The lowest BCUT2D eigenvalue weighted by Gasteiger charge is -2.26. The Morgan fingerprint density at radius 2 is 1.76 bits per heavy atom. The number of sulfonamides is 1. The lowest BCUT2D eigenvalue weighted by molar-refractivity contribution is 0.233. The van der Waals surface area contributed by atoms with Crippen LogP contribution >= 0.6 is 0 Å². The molecule has 0 saturated carbocycles. The Balaban J connectivity index is 2.03. The van der Waals surface area contributed by atoms with Gasteiger partial charge in [-0.1, -0.05) is 18.6 Å². The third-order valence-corrected chi connectivity index (χ3v) is 5.71. The summed E-state index contributed by atoms with van der Waals surface area (Å²) in [6.07, 6.45) is 3.69. The lowest BCUT2D eigenvalue weighted by atomic mass is 10.1. The second-order valence-corrected chi connectivity index (χ2v) is 7.45. The van der Waals surface area contributed by atoms with Crippen LogP contribution in [0.4, 0.5) is 5.69 Å². The molecule has 118 valence electrons. The van der Waals surface area contributed by atoms with Gasteiger partial charge in [0.2, 0.25) is 10.0 Å². The van der Waals surface area contributed by atoms with Crippen molar-refractivity contribution in [3.05, 3.63) is 23.3 Å². The van der Waals surface area contributed by atoms with Crippen molar-refractivity contribution in [2.45, 2.75) is 38.0 Å². The van der Waals surface area contributed by atoms with Crippen molar-refractivity contribution in [1.82, 2.24) is 9.62 Å². The van der Waals surface area contributed by atoms with Gasteiger partial charge in [-0.05, 0) is 50.9 Å². The van der Waals surface area contributed by atoms with E-state index < -0.39 is 10.0 Å². The van der Waals surface area contributed by atoms with Crippen LogP contribution in [0.1, 0.15) is 30.4 Å². The van der Waals surface area contributed by atoms with E-state index in [1.54, 1.807) is 13.0 Å². The van der Waals surface area contributed by atoms with Gasteiger partial charge >= 0.3 is 0 Å². The molecule has 1 aromatic carbocycles. The summed E-state index contributed by atoms with van der Waals surface area (Å²) >= 11 is 0. The van der Waals surface area contributed by atoms with E-state index in [0.29, 0.717) is 17.8 Å². The number of nitrogens with two attached hydrogens (primary N) is 1. The van der Waals surface area contributed by atoms with Crippen LogP contribution in [0.5, 0.6) is 0 Å². The maximum atomic E-state index is 12.5. The maximum Gasteiger partial charge on any atom is 0.242 e. The highest BCUT2D eigenvalue weighted by molar-refractivity contribution is 7.89. The Morgan fingerprint density at radius 1 is 1.14 bits per heavy atom.